The molecular formula is C54H50N4. The van der Waals surface area contributed by atoms with Crippen LogP contribution in [0, 0.1) is 5.41 Å². The van der Waals surface area contributed by atoms with E-state index in [2.05, 4.69) is 193 Å². The minimum atomic E-state index is 0.0424. The average Bonchev–Trinajstić information content (AvgIpc) is 3.37. The summed E-state index contributed by atoms with van der Waals surface area (Å²) in [7, 11) is 0. The van der Waals surface area contributed by atoms with Gasteiger partial charge in [0, 0.05) is 28.5 Å². The summed E-state index contributed by atoms with van der Waals surface area (Å²) in [5.74, 6) is 1.11. The second-order valence-electron chi connectivity index (χ2n) is 16.9. The molecule has 1 aliphatic rings. The number of nitrogens with zero attached hydrogens (tertiary/aromatic N) is 4. The normalized spacial score (nSPS) is 15.5. The van der Waals surface area contributed by atoms with Gasteiger partial charge in [0.15, 0.2) is 11.7 Å². The van der Waals surface area contributed by atoms with Gasteiger partial charge in [-0.1, -0.05) is 193 Å². The molecule has 1 aromatic heterocycles. The third kappa shape index (κ3) is 7.16. The van der Waals surface area contributed by atoms with E-state index >= 15 is 0 Å². The average molecular weight is 755 g/mol. The van der Waals surface area contributed by atoms with Crippen LogP contribution < -0.4 is 0 Å². The number of pyridine rings is 1. The Kier molecular flexibility index (Phi) is 10.2. The molecule has 0 aliphatic heterocycles. The first-order chi connectivity index (χ1) is 28.0. The maximum absolute atomic E-state index is 5.05. The smallest absolute Gasteiger partial charge is 0.161 e. The van der Waals surface area contributed by atoms with Crippen molar-refractivity contribution in [2.75, 3.05) is 0 Å². The molecule has 4 heteroatoms. The van der Waals surface area contributed by atoms with Crippen molar-refractivity contribution < 1.29 is 0 Å². The van der Waals surface area contributed by atoms with E-state index in [1.165, 1.54) is 22.3 Å². The van der Waals surface area contributed by atoms with Gasteiger partial charge in [-0.25, -0.2) is 9.98 Å². The molecule has 1 aliphatic carbocycles. The molecule has 0 fully saturated rings. The third-order valence-electron chi connectivity index (χ3n) is 13.1. The SMILES string of the molecule is C=NC(=NC(=NCc1ccc(-c2ccccc2)cc1)c1ccc(-c2ccccc2)cc1)c1ccc(-c2ccc(-c3ccc4c(c3)C(C)(C)C(C)(C)C4(C)C)nc2)cc1. The number of hydrogen-bond acceptors (Lipinski definition) is 2. The fourth-order valence-corrected chi connectivity index (χ4v) is 8.29. The van der Waals surface area contributed by atoms with Gasteiger partial charge in [-0.2, -0.15) is 0 Å². The Bertz CT molecular complexity index is 2610. The van der Waals surface area contributed by atoms with Crippen LogP contribution in [0.25, 0.3) is 44.6 Å². The van der Waals surface area contributed by atoms with Gasteiger partial charge in [-0.15, -0.1) is 0 Å². The quantitative estimate of drug-likeness (QED) is 0.113. The monoisotopic (exact) mass is 754 g/mol. The van der Waals surface area contributed by atoms with Gasteiger partial charge in [0.1, 0.15) is 0 Å². The zero-order chi connectivity index (χ0) is 40.5. The molecule has 7 aromatic rings. The molecule has 0 atom stereocenters. The highest BCUT2D eigenvalue weighted by molar-refractivity contribution is 6.12. The zero-order valence-electron chi connectivity index (χ0n) is 34.4. The Morgan fingerprint density at radius 1 is 0.483 bits per heavy atom. The molecule has 286 valence electrons. The van der Waals surface area contributed by atoms with E-state index in [0.29, 0.717) is 18.2 Å². The molecule has 0 radical (unpaired) electrons. The van der Waals surface area contributed by atoms with Gasteiger partial charge in [-0.05, 0) is 79.6 Å². The van der Waals surface area contributed by atoms with E-state index in [1.807, 2.05) is 30.5 Å². The van der Waals surface area contributed by atoms with Crippen LogP contribution in [0.5, 0.6) is 0 Å². The predicted octanol–water partition coefficient (Wildman–Crippen LogP) is 13.4. The summed E-state index contributed by atoms with van der Waals surface area (Å²) in [5, 5.41) is 0. The first-order valence-electron chi connectivity index (χ1n) is 20.1. The van der Waals surface area contributed by atoms with Crippen LogP contribution in [0.1, 0.15) is 69.4 Å². The minimum absolute atomic E-state index is 0.0424. The van der Waals surface area contributed by atoms with Crippen LogP contribution in [0.4, 0.5) is 0 Å². The van der Waals surface area contributed by atoms with E-state index in [0.717, 1.165) is 50.2 Å². The van der Waals surface area contributed by atoms with Gasteiger partial charge in [-0.3, -0.25) is 9.98 Å². The van der Waals surface area contributed by atoms with Crippen molar-refractivity contribution in [3.63, 3.8) is 0 Å². The highest BCUT2D eigenvalue weighted by Crippen LogP contribution is 2.61. The summed E-state index contributed by atoms with van der Waals surface area (Å²) in [6.07, 6.45) is 1.97. The number of hydrogen-bond donors (Lipinski definition) is 0. The number of fused-ring (bicyclic) bond motifs is 1. The summed E-state index contributed by atoms with van der Waals surface area (Å²) in [5.41, 5.74) is 14.9. The lowest BCUT2D eigenvalue weighted by Gasteiger charge is -2.44. The molecule has 6 aromatic carbocycles. The largest absolute Gasteiger partial charge is 0.261 e. The Labute approximate surface area is 343 Å². The van der Waals surface area contributed by atoms with Crippen molar-refractivity contribution >= 4 is 18.4 Å². The maximum atomic E-state index is 5.05. The first kappa shape index (κ1) is 38.4. The molecular weight excluding hydrogens is 705 g/mol. The Balaban J connectivity index is 1.05. The summed E-state index contributed by atoms with van der Waals surface area (Å²) in [4.78, 5) is 19.4. The third-order valence-corrected chi connectivity index (χ3v) is 13.1. The lowest BCUT2D eigenvalue weighted by atomic mass is 9.59. The fourth-order valence-electron chi connectivity index (χ4n) is 8.29. The highest BCUT2D eigenvalue weighted by Gasteiger charge is 2.56. The zero-order valence-corrected chi connectivity index (χ0v) is 34.4. The van der Waals surface area contributed by atoms with E-state index in [1.54, 1.807) is 0 Å². The van der Waals surface area contributed by atoms with Gasteiger partial charge >= 0.3 is 0 Å². The van der Waals surface area contributed by atoms with Crippen LogP contribution in [0.3, 0.4) is 0 Å². The van der Waals surface area contributed by atoms with E-state index in [-0.39, 0.29) is 16.2 Å². The van der Waals surface area contributed by atoms with E-state index < -0.39 is 0 Å². The van der Waals surface area contributed by atoms with Gasteiger partial charge in [0.05, 0.1) is 12.2 Å². The number of aromatic nitrogens is 1. The molecule has 4 nitrogen and oxygen atoms in total. The summed E-state index contributed by atoms with van der Waals surface area (Å²) >= 11 is 0. The second-order valence-corrected chi connectivity index (χ2v) is 16.9. The van der Waals surface area contributed by atoms with Gasteiger partial charge in [0.25, 0.3) is 0 Å². The Morgan fingerprint density at radius 3 is 1.48 bits per heavy atom. The first-order valence-corrected chi connectivity index (χ1v) is 20.1. The van der Waals surface area contributed by atoms with Crippen LogP contribution >= 0.6 is 0 Å². The molecule has 0 spiro atoms. The lowest BCUT2D eigenvalue weighted by molar-refractivity contribution is 0.125. The molecule has 0 N–H and O–H groups in total. The predicted molar refractivity (Wildman–Crippen MR) is 245 cm³/mol. The number of amidine groups is 2. The molecule has 58 heavy (non-hydrogen) atoms. The van der Waals surface area contributed by atoms with Gasteiger partial charge < -0.3 is 0 Å². The van der Waals surface area contributed by atoms with Crippen molar-refractivity contribution in [2.45, 2.75) is 58.9 Å². The van der Waals surface area contributed by atoms with Crippen LogP contribution in [0.15, 0.2) is 185 Å². The van der Waals surface area contributed by atoms with Crippen molar-refractivity contribution in [1.82, 2.24) is 4.98 Å². The molecule has 0 saturated carbocycles. The fraction of sp³-hybridized carbons (Fsp3) is 0.185. The minimum Gasteiger partial charge on any atom is -0.261 e. The van der Waals surface area contributed by atoms with Crippen molar-refractivity contribution in [3.05, 3.63) is 198 Å². The molecule has 1 heterocycles. The molecule has 0 saturated heterocycles. The van der Waals surface area contributed by atoms with Gasteiger partial charge in [0.2, 0.25) is 0 Å². The summed E-state index contributed by atoms with van der Waals surface area (Å²) in [6.45, 7) is 18.7. The Hall–Kier alpha value is -6.52. The van der Waals surface area contributed by atoms with Crippen LogP contribution in [-0.4, -0.2) is 23.4 Å². The Morgan fingerprint density at radius 2 is 0.948 bits per heavy atom. The van der Waals surface area contributed by atoms with E-state index in [4.69, 9.17) is 15.0 Å². The topological polar surface area (TPSA) is 50.0 Å². The van der Waals surface area contributed by atoms with Crippen LogP contribution in [-0.2, 0) is 17.4 Å². The summed E-state index contributed by atoms with van der Waals surface area (Å²) < 4.78 is 0. The standard InChI is InChI=1S/C54H50N4/c1-52(2)47-32-30-45(34-48(47)53(3,4)54(52,5)6)49-33-31-46(36-56-49)42-24-26-43(27-25-42)50(55-7)58-51(44-28-22-41(23-29-44)39-16-12-9-13-17-39)57-35-37-18-20-40(21-19-37)38-14-10-8-11-15-38/h8-34,36H,7,35H2,1-6H3. The summed E-state index contributed by atoms with van der Waals surface area (Å²) in [6, 6.07) is 57.2. The highest BCUT2D eigenvalue weighted by atomic mass is 15.0. The maximum Gasteiger partial charge on any atom is 0.161 e. The van der Waals surface area contributed by atoms with Crippen molar-refractivity contribution in [2.24, 2.45) is 20.4 Å². The van der Waals surface area contributed by atoms with E-state index in [9.17, 15) is 0 Å². The molecule has 0 amide bonds. The molecule has 0 bridgehead atoms. The van der Waals surface area contributed by atoms with Crippen LogP contribution in [0.2, 0.25) is 0 Å². The second kappa shape index (κ2) is 15.4. The number of benzene rings is 6. The van der Waals surface area contributed by atoms with Crippen molar-refractivity contribution in [1.29, 1.82) is 0 Å². The number of rotatable bonds is 8. The van der Waals surface area contributed by atoms with Crippen molar-refractivity contribution in [3.8, 4) is 44.6 Å². The molecule has 8 rings (SSSR count). The number of aliphatic imine (C=N–C) groups is 3. The molecule has 0 unspecified atom stereocenters. The lowest BCUT2D eigenvalue weighted by Crippen LogP contribution is -2.42.